The average molecular weight is 430 g/mol. The van der Waals surface area contributed by atoms with Crippen molar-refractivity contribution in [2.75, 3.05) is 11.5 Å². The van der Waals surface area contributed by atoms with E-state index in [1.165, 1.54) is 0 Å². The fourth-order valence-corrected chi connectivity index (χ4v) is 4.69. The molecule has 2 aliphatic heterocycles. The summed E-state index contributed by atoms with van der Waals surface area (Å²) in [5.74, 6) is 0.0210. The monoisotopic (exact) mass is 430 g/mol. The molecule has 1 atom stereocenters. The Bertz CT molecular complexity index is 1270. The summed E-state index contributed by atoms with van der Waals surface area (Å²) in [6, 6.07) is 16.5. The number of rotatable bonds is 5. The second-order valence-corrected chi connectivity index (χ2v) is 7.90. The summed E-state index contributed by atoms with van der Waals surface area (Å²) in [6.45, 7) is 2.05. The van der Waals surface area contributed by atoms with Gasteiger partial charge in [0.2, 0.25) is 5.91 Å². The molecule has 0 N–H and O–H groups in total. The van der Waals surface area contributed by atoms with Crippen molar-refractivity contribution < 1.29 is 14.3 Å². The molecule has 1 amide bonds. The zero-order valence-corrected chi connectivity index (χ0v) is 17.7. The number of fused-ring (bicyclic) bond motifs is 6. The van der Waals surface area contributed by atoms with Crippen LogP contribution in [0.25, 0.3) is 22.6 Å². The van der Waals surface area contributed by atoms with Crippen LogP contribution < -0.4 is 10.5 Å². The Morgan fingerprint density at radius 2 is 1.84 bits per heavy atom. The third-order valence-corrected chi connectivity index (χ3v) is 6.08. The molecule has 162 valence electrons. The van der Waals surface area contributed by atoms with Crippen LogP contribution in [-0.2, 0) is 20.0 Å². The van der Waals surface area contributed by atoms with E-state index in [-0.39, 0.29) is 24.0 Å². The SMILES string of the molecule is CCOC(=O)CC[C@@]12CCC(=O)N1c1ccccc1-c1nc(=O)c(-c3ccccc3)nn12. The molecule has 0 bridgehead atoms. The van der Waals surface area contributed by atoms with Crippen LogP contribution in [0.4, 0.5) is 5.69 Å². The number of amides is 1. The molecule has 3 heterocycles. The summed E-state index contributed by atoms with van der Waals surface area (Å²) in [4.78, 5) is 44.4. The molecular formula is C24H22N4O4. The zero-order valence-electron chi connectivity index (χ0n) is 17.7. The fourth-order valence-electron chi connectivity index (χ4n) is 4.69. The van der Waals surface area contributed by atoms with Gasteiger partial charge in [-0.1, -0.05) is 42.5 Å². The van der Waals surface area contributed by atoms with Gasteiger partial charge in [-0.15, -0.1) is 0 Å². The summed E-state index contributed by atoms with van der Waals surface area (Å²) in [6.07, 6.45) is 1.20. The van der Waals surface area contributed by atoms with E-state index < -0.39 is 11.2 Å². The van der Waals surface area contributed by atoms with Crippen molar-refractivity contribution in [2.24, 2.45) is 0 Å². The number of carbonyl (C=O) groups is 2. The van der Waals surface area contributed by atoms with Crippen molar-refractivity contribution >= 4 is 17.6 Å². The van der Waals surface area contributed by atoms with Gasteiger partial charge in [-0.2, -0.15) is 10.1 Å². The van der Waals surface area contributed by atoms with Crippen LogP contribution in [0.1, 0.15) is 32.6 Å². The van der Waals surface area contributed by atoms with Gasteiger partial charge in [0.15, 0.2) is 11.5 Å². The first-order valence-electron chi connectivity index (χ1n) is 10.7. The number of ether oxygens (including phenoxy) is 1. The average Bonchev–Trinajstić information content (AvgIpc) is 3.16. The van der Waals surface area contributed by atoms with Crippen molar-refractivity contribution in [3.05, 3.63) is 65.0 Å². The first kappa shape index (κ1) is 20.1. The zero-order chi connectivity index (χ0) is 22.3. The molecule has 0 radical (unpaired) electrons. The molecule has 1 fully saturated rings. The minimum absolute atomic E-state index is 0.0475. The predicted molar refractivity (Wildman–Crippen MR) is 118 cm³/mol. The lowest BCUT2D eigenvalue weighted by atomic mass is 9.95. The van der Waals surface area contributed by atoms with Crippen LogP contribution in [-0.4, -0.2) is 33.2 Å². The van der Waals surface area contributed by atoms with Gasteiger partial charge in [0.1, 0.15) is 5.66 Å². The number of nitrogens with zero attached hydrogens (tertiary/aromatic N) is 4. The molecule has 1 aromatic heterocycles. The first-order chi connectivity index (χ1) is 15.5. The van der Waals surface area contributed by atoms with Gasteiger partial charge < -0.3 is 4.74 Å². The van der Waals surface area contributed by atoms with Gasteiger partial charge in [0.05, 0.1) is 12.3 Å². The second-order valence-electron chi connectivity index (χ2n) is 7.90. The van der Waals surface area contributed by atoms with Crippen molar-refractivity contribution in [1.29, 1.82) is 0 Å². The number of aromatic nitrogens is 3. The molecule has 0 spiro atoms. The van der Waals surface area contributed by atoms with Crippen LogP contribution in [0.2, 0.25) is 0 Å². The highest BCUT2D eigenvalue weighted by Gasteiger charge is 2.53. The lowest BCUT2D eigenvalue weighted by molar-refractivity contribution is -0.143. The van der Waals surface area contributed by atoms with Gasteiger partial charge in [-0.25, -0.2) is 4.68 Å². The first-order valence-corrected chi connectivity index (χ1v) is 10.7. The molecule has 3 aromatic rings. The number of benzene rings is 2. The van der Waals surface area contributed by atoms with Crippen LogP contribution in [0, 0.1) is 0 Å². The lowest BCUT2D eigenvalue weighted by Gasteiger charge is -2.44. The largest absolute Gasteiger partial charge is 0.466 e. The normalized spacial score (nSPS) is 18.7. The minimum atomic E-state index is -0.933. The van der Waals surface area contributed by atoms with Crippen molar-refractivity contribution in [2.45, 2.75) is 38.3 Å². The molecule has 32 heavy (non-hydrogen) atoms. The number of anilines is 1. The summed E-state index contributed by atoms with van der Waals surface area (Å²) in [7, 11) is 0. The summed E-state index contributed by atoms with van der Waals surface area (Å²) < 4.78 is 6.82. The molecule has 0 saturated carbocycles. The van der Waals surface area contributed by atoms with E-state index in [1.807, 2.05) is 42.5 Å². The Morgan fingerprint density at radius 3 is 2.62 bits per heavy atom. The van der Waals surface area contributed by atoms with Gasteiger partial charge in [0.25, 0.3) is 5.56 Å². The Kier molecular flexibility index (Phi) is 4.84. The standard InChI is InChI=1S/C24H22N4O4/c1-2-32-20(30)13-15-24-14-12-19(29)27(24)18-11-7-6-10-17(18)22-25-23(31)21(26-28(22)24)16-8-4-3-5-9-16/h3-11H,2,12-15H2,1H3/t24-/m0/s1. The lowest BCUT2D eigenvalue weighted by Crippen LogP contribution is -2.53. The van der Waals surface area contributed by atoms with Crippen molar-refractivity contribution in [3.63, 3.8) is 0 Å². The van der Waals surface area contributed by atoms with E-state index in [2.05, 4.69) is 4.98 Å². The number of hydrogen-bond acceptors (Lipinski definition) is 6. The Labute approximate surface area is 184 Å². The number of hydrogen-bond donors (Lipinski definition) is 0. The minimum Gasteiger partial charge on any atom is -0.466 e. The molecule has 1 saturated heterocycles. The number of carbonyl (C=O) groups excluding carboxylic acids is 2. The highest BCUT2D eigenvalue weighted by atomic mass is 16.5. The predicted octanol–water partition coefficient (Wildman–Crippen LogP) is 3.11. The fraction of sp³-hybridized carbons (Fsp3) is 0.292. The second kappa shape index (κ2) is 7.71. The Hall–Kier alpha value is -3.81. The molecule has 8 nitrogen and oxygen atoms in total. The Balaban J connectivity index is 1.74. The molecule has 2 aliphatic rings. The maximum atomic E-state index is 13.1. The van der Waals surface area contributed by atoms with E-state index in [4.69, 9.17) is 9.84 Å². The Morgan fingerprint density at radius 1 is 1.09 bits per heavy atom. The van der Waals surface area contributed by atoms with E-state index in [9.17, 15) is 14.4 Å². The van der Waals surface area contributed by atoms with Crippen molar-refractivity contribution in [1.82, 2.24) is 14.8 Å². The third-order valence-electron chi connectivity index (χ3n) is 6.08. The number of para-hydroxylation sites is 1. The van der Waals surface area contributed by atoms with E-state index in [1.54, 1.807) is 28.6 Å². The molecule has 0 aliphatic carbocycles. The topological polar surface area (TPSA) is 94.4 Å². The van der Waals surface area contributed by atoms with E-state index in [0.717, 1.165) is 0 Å². The summed E-state index contributed by atoms with van der Waals surface area (Å²) in [5.41, 5.74) is 0.839. The highest BCUT2D eigenvalue weighted by Crippen LogP contribution is 2.49. The quantitative estimate of drug-likeness (QED) is 0.578. The third kappa shape index (κ3) is 3.02. The maximum absolute atomic E-state index is 13.1. The highest BCUT2D eigenvalue weighted by molar-refractivity contribution is 6.01. The van der Waals surface area contributed by atoms with Crippen LogP contribution in [0.15, 0.2) is 59.4 Å². The van der Waals surface area contributed by atoms with Gasteiger partial charge >= 0.3 is 5.97 Å². The molecule has 8 heteroatoms. The molecule has 0 unspecified atom stereocenters. The van der Waals surface area contributed by atoms with Gasteiger partial charge in [-0.05, 0) is 19.1 Å². The van der Waals surface area contributed by atoms with Crippen LogP contribution in [0.5, 0.6) is 0 Å². The van der Waals surface area contributed by atoms with Crippen molar-refractivity contribution in [3.8, 4) is 22.6 Å². The summed E-state index contributed by atoms with van der Waals surface area (Å²) in [5, 5.41) is 4.75. The van der Waals surface area contributed by atoms with E-state index >= 15 is 0 Å². The smallest absolute Gasteiger partial charge is 0.305 e. The van der Waals surface area contributed by atoms with Gasteiger partial charge in [0, 0.05) is 36.8 Å². The van der Waals surface area contributed by atoms with Crippen LogP contribution in [0.3, 0.4) is 0 Å². The summed E-state index contributed by atoms with van der Waals surface area (Å²) >= 11 is 0. The van der Waals surface area contributed by atoms with Crippen LogP contribution >= 0.6 is 0 Å². The number of esters is 1. The van der Waals surface area contributed by atoms with Gasteiger partial charge in [-0.3, -0.25) is 19.3 Å². The van der Waals surface area contributed by atoms with E-state index in [0.29, 0.717) is 48.5 Å². The molecular weight excluding hydrogens is 408 g/mol. The molecule has 2 aromatic carbocycles. The molecule has 5 rings (SSSR count). The maximum Gasteiger partial charge on any atom is 0.305 e.